The van der Waals surface area contributed by atoms with Crippen molar-refractivity contribution in [3.8, 4) is 0 Å². The first kappa shape index (κ1) is 13.4. The van der Waals surface area contributed by atoms with Crippen LogP contribution in [0.25, 0.3) is 0 Å². The lowest BCUT2D eigenvalue weighted by atomic mass is 10.2. The van der Waals surface area contributed by atoms with Crippen LogP contribution in [0.1, 0.15) is 11.7 Å². The second-order valence-electron chi connectivity index (χ2n) is 3.70. The van der Waals surface area contributed by atoms with Crippen molar-refractivity contribution >= 4 is 17.7 Å². The minimum Gasteiger partial charge on any atom is -0.300 e. The molecule has 1 aromatic heterocycles. The third-order valence-corrected chi connectivity index (χ3v) is 2.39. The summed E-state index contributed by atoms with van der Waals surface area (Å²) in [7, 11) is 0. The van der Waals surface area contributed by atoms with E-state index in [1.807, 2.05) is 0 Å². The molecule has 1 heterocycles. The molecule has 0 saturated carbocycles. The number of carbonyl (C=O) groups is 1. The van der Waals surface area contributed by atoms with Crippen molar-refractivity contribution in [1.82, 2.24) is 9.97 Å². The summed E-state index contributed by atoms with van der Waals surface area (Å²) in [5.41, 5.74) is 0.809. The van der Waals surface area contributed by atoms with Crippen LogP contribution in [0.4, 0.5) is 11.4 Å². The summed E-state index contributed by atoms with van der Waals surface area (Å²) in [4.78, 5) is 28.6. The Morgan fingerprint density at radius 1 is 1.25 bits per heavy atom. The predicted octanol–water partition coefficient (Wildman–Crippen LogP) is 2.41. The molecule has 0 spiro atoms. The Kier molecular flexibility index (Phi) is 4.17. The lowest BCUT2D eigenvalue weighted by Gasteiger charge is -2.01. The van der Waals surface area contributed by atoms with Crippen LogP contribution < -0.4 is 0 Å². The fourth-order valence-corrected chi connectivity index (χ4v) is 1.40. The lowest BCUT2D eigenvalue weighted by molar-refractivity contribution is -0.384. The molecule has 0 bridgehead atoms. The van der Waals surface area contributed by atoms with Gasteiger partial charge in [-0.3, -0.25) is 10.1 Å². The smallest absolute Gasteiger partial charge is 0.269 e. The van der Waals surface area contributed by atoms with Crippen molar-refractivity contribution < 1.29 is 9.72 Å². The van der Waals surface area contributed by atoms with Crippen molar-refractivity contribution in [2.45, 2.75) is 6.04 Å². The van der Waals surface area contributed by atoms with Crippen molar-refractivity contribution in [1.29, 1.82) is 0 Å². The minimum atomic E-state index is -0.826. The van der Waals surface area contributed by atoms with E-state index < -0.39 is 11.0 Å². The zero-order chi connectivity index (χ0) is 14.4. The Morgan fingerprint density at radius 2 is 2.00 bits per heavy atom. The summed E-state index contributed by atoms with van der Waals surface area (Å²) in [6.07, 6.45) is 3.42. The number of hydrogen-bond acceptors (Lipinski definition) is 7. The maximum absolute atomic E-state index is 11.0. The molecule has 1 atom stereocenters. The Bertz CT molecular complexity index is 627. The van der Waals surface area contributed by atoms with Gasteiger partial charge in [0.25, 0.3) is 5.69 Å². The number of nitro groups is 1. The van der Waals surface area contributed by atoms with Gasteiger partial charge in [-0.2, -0.15) is 10.2 Å². The number of non-ortho nitro benzene ring substituents is 1. The lowest BCUT2D eigenvalue weighted by Crippen LogP contribution is -1.99. The number of azo groups is 1. The molecule has 8 heteroatoms. The van der Waals surface area contributed by atoms with E-state index in [0.717, 1.165) is 0 Å². The van der Waals surface area contributed by atoms with Gasteiger partial charge in [0.2, 0.25) is 0 Å². The van der Waals surface area contributed by atoms with Crippen LogP contribution in [0.2, 0.25) is 0 Å². The topological polar surface area (TPSA) is 111 Å². The Balaban J connectivity index is 2.15. The highest BCUT2D eigenvalue weighted by Crippen LogP contribution is 2.20. The predicted molar refractivity (Wildman–Crippen MR) is 68.4 cm³/mol. The van der Waals surface area contributed by atoms with Gasteiger partial charge >= 0.3 is 0 Å². The average Bonchev–Trinajstić information content (AvgIpc) is 2.49. The molecule has 0 aliphatic carbocycles. The quantitative estimate of drug-likeness (QED) is 0.359. The SMILES string of the molecule is O=CC(N=Nc1ccc([N+](=O)[O-])cc1)c1ccncn1. The Morgan fingerprint density at radius 3 is 2.55 bits per heavy atom. The van der Waals surface area contributed by atoms with Crippen molar-refractivity contribution in [3.05, 3.63) is 58.7 Å². The van der Waals surface area contributed by atoms with Crippen molar-refractivity contribution in [2.75, 3.05) is 0 Å². The van der Waals surface area contributed by atoms with Crippen LogP contribution in [0, 0.1) is 10.1 Å². The average molecular weight is 271 g/mol. The van der Waals surface area contributed by atoms with Crippen molar-refractivity contribution in [2.24, 2.45) is 10.2 Å². The van der Waals surface area contributed by atoms with E-state index in [9.17, 15) is 14.9 Å². The third-order valence-electron chi connectivity index (χ3n) is 2.39. The molecule has 0 fully saturated rings. The summed E-state index contributed by atoms with van der Waals surface area (Å²) in [6, 6.07) is 6.26. The van der Waals surface area contributed by atoms with Gasteiger partial charge in [0.1, 0.15) is 6.33 Å². The van der Waals surface area contributed by atoms with Gasteiger partial charge in [0, 0.05) is 18.3 Å². The molecule has 0 amide bonds. The van der Waals surface area contributed by atoms with Gasteiger partial charge in [-0.25, -0.2) is 9.97 Å². The molecule has 0 radical (unpaired) electrons. The summed E-state index contributed by atoms with van der Waals surface area (Å²) >= 11 is 0. The van der Waals surface area contributed by atoms with Gasteiger partial charge in [0.05, 0.1) is 16.3 Å². The molecule has 8 nitrogen and oxygen atoms in total. The van der Waals surface area contributed by atoms with Crippen molar-refractivity contribution in [3.63, 3.8) is 0 Å². The largest absolute Gasteiger partial charge is 0.300 e. The molecule has 0 aliphatic heterocycles. The highest BCUT2D eigenvalue weighted by atomic mass is 16.6. The number of rotatable bonds is 5. The highest BCUT2D eigenvalue weighted by molar-refractivity contribution is 5.60. The summed E-state index contributed by atoms with van der Waals surface area (Å²) in [5, 5.41) is 18.2. The summed E-state index contributed by atoms with van der Waals surface area (Å²) in [5.74, 6) is 0. The van der Waals surface area contributed by atoms with Gasteiger partial charge < -0.3 is 4.79 Å². The van der Waals surface area contributed by atoms with Crippen LogP contribution in [-0.4, -0.2) is 21.2 Å². The zero-order valence-corrected chi connectivity index (χ0v) is 10.2. The third kappa shape index (κ3) is 3.25. The summed E-state index contributed by atoms with van der Waals surface area (Å²) in [6.45, 7) is 0. The normalized spacial score (nSPS) is 12.2. The Labute approximate surface area is 113 Å². The van der Waals surface area contributed by atoms with Gasteiger partial charge in [0.15, 0.2) is 12.3 Å². The van der Waals surface area contributed by atoms with Gasteiger partial charge in [-0.05, 0) is 18.2 Å². The van der Waals surface area contributed by atoms with Crippen LogP contribution >= 0.6 is 0 Å². The molecular weight excluding hydrogens is 262 g/mol. The number of hydrogen-bond donors (Lipinski definition) is 0. The van der Waals surface area contributed by atoms with E-state index >= 15 is 0 Å². The second-order valence-corrected chi connectivity index (χ2v) is 3.70. The molecule has 0 saturated heterocycles. The molecule has 20 heavy (non-hydrogen) atoms. The van der Waals surface area contributed by atoms with Crippen LogP contribution in [0.15, 0.2) is 53.1 Å². The van der Waals surface area contributed by atoms with E-state index in [4.69, 9.17) is 0 Å². The second kappa shape index (κ2) is 6.23. The molecule has 100 valence electrons. The maximum atomic E-state index is 11.0. The number of aldehydes is 1. The highest BCUT2D eigenvalue weighted by Gasteiger charge is 2.10. The fraction of sp³-hybridized carbons (Fsp3) is 0.0833. The van der Waals surface area contributed by atoms with Crippen LogP contribution in [0.3, 0.4) is 0 Å². The minimum absolute atomic E-state index is 0.0355. The number of nitro benzene ring substituents is 1. The van der Waals surface area contributed by atoms with E-state index in [-0.39, 0.29) is 5.69 Å². The molecule has 1 unspecified atom stereocenters. The molecule has 2 aromatic rings. The zero-order valence-electron chi connectivity index (χ0n) is 10.2. The molecule has 1 aromatic carbocycles. The first-order chi connectivity index (χ1) is 9.70. The first-order valence-electron chi connectivity index (χ1n) is 5.57. The fourth-order valence-electron chi connectivity index (χ4n) is 1.40. The first-order valence-corrected chi connectivity index (χ1v) is 5.57. The standard InChI is InChI=1S/C12H9N5O3/c18-7-12(11-5-6-13-8-14-11)16-15-9-1-3-10(4-2-9)17(19)20/h1-8,12H. The maximum Gasteiger partial charge on any atom is 0.269 e. The molecule has 0 aliphatic rings. The molecule has 0 N–H and O–H groups in total. The number of benzene rings is 1. The molecule has 2 rings (SSSR count). The number of carbonyl (C=O) groups excluding carboxylic acids is 1. The van der Waals surface area contributed by atoms with E-state index in [1.54, 1.807) is 6.07 Å². The molecular formula is C12H9N5O3. The van der Waals surface area contributed by atoms with Gasteiger partial charge in [-0.1, -0.05) is 0 Å². The number of aromatic nitrogens is 2. The van der Waals surface area contributed by atoms with E-state index in [1.165, 1.54) is 36.8 Å². The van der Waals surface area contributed by atoms with Gasteiger partial charge in [-0.15, -0.1) is 0 Å². The number of nitrogens with zero attached hydrogens (tertiary/aromatic N) is 5. The van der Waals surface area contributed by atoms with E-state index in [2.05, 4.69) is 20.2 Å². The monoisotopic (exact) mass is 271 g/mol. The van der Waals surface area contributed by atoms with E-state index in [0.29, 0.717) is 17.7 Å². The van der Waals surface area contributed by atoms with Crippen LogP contribution in [0.5, 0.6) is 0 Å². The van der Waals surface area contributed by atoms with Crippen LogP contribution in [-0.2, 0) is 4.79 Å². The summed E-state index contributed by atoms with van der Waals surface area (Å²) < 4.78 is 0. The Hall–Kier alpha value is -3.03.